The van der Waals surface area contributed by atoms with Crippen LogP contribution in [0.1, 0.15) is 65.8 Å². The summed E-state index contributed by atoms with van der Waals surface area (Å²) in [5.74, 6) is -0.685. The van der Waals surface area contributed by atoms with Crippen LogP contribution in [0.5, 0.6) is 11.6 Å². The highest BCUT2D eigenvalue weighted by molar-refractivity contribution is 6.31. The summed E-state index contributed by atoms with van der Waals surface area (Å²) in [6.45, 7) is 1.88. The summed E-state index contributed by atoms with van der Waals surface area (Å²) in [5.41, 5.74) is 7.39. The van der Waals surface area contributed by atoms with Gasteiger partial charge in [-0.05, 0) is 74.9 Å². The van der Waals surface area contributed by atoms with Gasteiger partial charge in [0, 0.05) is 28.7 Å². The summed E-state index contributed by atoms with van der Waals surface area (Å²) in [4.78, 5) is 30.3. The Morgan fingerprint density at radius 1 is 1.18 bits per heavy atom. The second kappa shape index (κ2) is 11.7. The number of ether oxygens (including phenoxy) is 2. The average Bonchev–Trinajstić information content (AvgIpc) is 3.94. The quantitative estimate of drug-likeness (QED) is 0.211. The number of aliphatic hydroxyl groups is 1. The van der Waals surface area contributed by atoms with Crippen molar-refractivity contribution >= 4 is 28.9 Å². The zero-order valence-corrected chi connectivity index (χ0v) is 25.2. The van der Waals surface area contributed by atoms with E-state index in [1.54, 1.807) is 29.6 Å². The van der Waals surface area contributed by atoms with E-state index >= 15 is 0 Å². The van der Waals surface area contributed by atoms with Gasteiger partial charge in [-0.3, -0.25) is 9.59 Å². The fourth-order valence-corrected chi connectivity index (χ4v) is 5.72. The van der Waals surface area contributed by atoms with Crippen molar-refractivity contribution in [3.63, 3.8) is 0 Å². The fraction of sp³-hybridized carbons (Fsp3) is 0.375. The number of amides is 2. The molecule has 0 aliphatic heterocycles. The van der Waals surface area contributed by atoms with Crippen molar-refractivity contribution in [1.82, 2.24) is 19.9 Å². The van der Waals surface area contributed by atoms with Gasteiger partial charge < -0.3 is 25.6 Å². The second-order valence-electron chi connectivity index (χ2n) is 11.4. The molecule has 2 aliphatic rings. The van der Waals surface area contributed by atoms with Gasteiger partial charge in [-0.15, -0.1) is 0 Å². The lowest BCUT2D eigenvalue weighted by molar-refractivity contribution is -0.117. The van der Waals surface area contributed by atoms with Crippen LogP contribution in [0.15, 0.2) is 42.5 Å². The number of halogens is 2. The zero-order chi connectivity index (χ0) is 31.2. The van der Waals surface area contributed by atoms with Crippen molar-refractivity contribution in [3.8, 4) is 22.9 Å². The molecular formula is C32H33ClFN5O5. The van der Waals surface area contributed by atoms with Gasteiger partial charge in [-0.1, -0.05) is 11.6 Å². The Morgan fingerprint density at radius 2 is 1.95 bits per heavy atom. The monoisotopic (exact) mass is 621 g/mol. The van der Waals surface area contributed by atoms with E-state index in [1.807, 2.05) is 6.07 Å². The van der Waals surface area contributed by atoms with Gasteiger partial charge in [0.15, 0.2) is 0 Å². The van der Waals surface area contributed by atoms with Crippen LogP contribution >= 0.6 is 11.6 Å². The molecule has 0 unspecified atom stereocenters. The predicted molar refractivity (Wildman–Crippen MR) is 161 cm³/mol. The van der Waals surface area contributed by atoms with Crippen LogP contribution in [0, 0.1) is 11.7 Å². The minimum atomic E-state index is -1.59. The van der Waals surface area contributed by atoms with Crippen LogP contribution in [-0.4, -0.2) is 51.8 Å². The van der Waals surface area contributed by atoms with Crippen molar-refractivity contribution in [2.24, 2.45) is 11.7 Å². The van der Waals surface area contributed by atoms with E-state index in [1.165, 1.54) is 25.3 Å². The standard InChI is InChI=1S/C32H33ClFN5O5/c1-3-44-30-19(13-27(35)40)12-26(37-29(30)18-6-9-24(34)23(33)11-18)32(42,21-7-8-21)16-36-31(41)20-10-22-15-25(17-4-5-17)38-39(22)28(14-20)43-2/h6,9-12,14-15,17,21,42H,3-5,7-8,13,16H2,1-2H3,(H2,35,40)(H,36,41)/t32-/m1/s1. The Bertz CT molecular complexity index is 1770. The summed E-state index contributed by atoms with van der Waals surface area (Å²) in [5, 5.41) is 19.6. The maximum atomic E-state index is 14.0. The van der Waals surface area contributed by atoms with Crippen LogP contribution in [0.3, 0.4) is 0 Å². The number of nitrogens with one attached hydrogen (secondary N) is 1. The highest BCUT2D eigenvalue weighted by atomic mass is 35.5. The first-order valence-corrected chi connectivity index (χ1v) is 15.0. The Balaban J connectivity index is 1.36. The first-order valence-electron chi connectivity index (χ1n) is 14.6. The molecule has 0 bridgehead atoms. The molecule has 1 aromatic carbocycles. The van der Waals surface area contributed by atoms with Gasteiger partial charge in [0.25, 0.3) is 5.91 Å². The summed E-state index contributed by atoms with van der Waals surface area (Å²) in [6, 6.07) is 11.0. The van der Waals surface area contributed by atoms with Crippen LogP contribution in [-0.2, 0) is 16.8 Å². The molecule has 0 spiro atoms. The Kier molecular flexibility index (Phi) is 7.93. The van der Waals surface area contributed by atoms with Gasteiger partial charge in [0.1, 0.15) is 22.9 Å². The number of carbonyl (C=O) groups excluding carboxylic acids is 2. The first-order chi connectivity index (χ1) is 21.1. The highest BCUT2D eigenvalue weighted by Crippen LogP contribution is 2.47. The number of hydrogen-bond acceptors (Lipinski definition) is 7. The van der Waals surface area contributed by atoms with Gasteiger partial charge in [-0.2, -0.15) is 5.10 Å². The number of rotatable bonds is 12. The normalized spacial score (nSPS) is 16.0. The number of nitrogens with two attached hydrogens (primary N) is 1. The van der Waals surface area contributed by atoms with Crippen LogP contribution in [0.4, 0.5) is 4.39 Å². The maximum Gasteiger partial charge on any atom is 0.251 e. The van der Waals surface area contributed by atoms with E-state index in [4.69, 9.17) is 31.8 Å². The van der Waals surface area contributed by atoms with Gasteiger partial charge in [-0.25, -0.2) is 13.9 Å². The Morgan fingerprint density at radius 3 is 2.59 bits per heavy atom. The lowest BCUT2D eigenvalue weighted by Gasteiger charge is -2.30. The molecule has 3 heterocycles. The summed E-state index contributed by atoms with van der Waals surface area (Å²) < 4.78 is 27.1. The maximum absolute atomic E-state index is 14.0. The molecule has 2 aliphatic carbocycles. The third-order valence-corrected chi connectivity index (χ3v) is 8.41. The average molecular weight is 622 g/mol. The van der Waals surface area contributed by atoms with E-state index < -0.39 is 23.2 Å². The van der Waals surface area contributed by atoms with Crippen LogP contribution in [0.2, 0.25) is 5.02 Å². The number of benzene rings is 1. The highest BCUT2D eigenvalue weighted by Gasteiger charge is 2.47. The molecule has 44 heavy (non-hydrogen) atoms. The number of pyridine rings is 2. The molecule has 2 amide bonds. The molecule has 0 saturated heterocycles. The summed E-state index contributed by atoms with van der Waals surface area (Å²) in [7, 11) is 1.52. The van der Waals surface area contributed by atoms with Crippen molar-refractivity contribution in [3.05, 3.63) is 75.8 Å². The van der Waals surface area contributed by atoms with Gasteiger partial charge in [0.05, 0.1) is 48.6 Å². The lowest BCUT2D eigenvalue weighted by atomic mass is 9.90. The Labute approximate surface area is 258 Å². The molecule has 6 rings (SSSR count). The lowest BCUT2D eigenvalue weighted by Crippen LogP contribution is -2.43. The molecule has 10 nitrogen and oxygen atoms in total. The molecule has 0 radical (unpaired) electrons. The van der Waals surface area contributed by atoms with Crippen molar-refractivity contribution in [1.29, 1.82) is 0 Å². The zero-order valence-electron chi connectivity index (χ0n) is 24.4. The van der Waals surface area contributed by atoms with E-state index in [0.29, 0.717) is 41.3 Å². The molecular weight excluding hydrogens is 589 g/mol. The van der Waals surface area contributed by atoms with Crippen LogP contribution in [0.25, 0.3) is 16.8 Å². The molecule has 4 aromatic rings. The molecule has 230 valence electrons. The van der Waals surface area contributed by atoms with Crippen LogP contribution < -0.4 is 20.5 Å². The topological polar surface area (TPSA) is 141 Å². The van der Waals surface area contributed by atoms with E-state index in [0.717, 1.165) is 24.1 Å². The minimum absolute atomic E-state index is 0.117. The largest absolute Gasteiger partial charge is 0.491 e. The summed E-state index contributed by atoms with van der Waals surface area (Å²) >= 11 is 6.10. The molecule has 3 aromatic heterocycles. The number of fused-ring (bicyclic) bond motifs is 1. The number of nitrogens with zero attached hydrogens (tertiary/aromatic N) is 3. The number of primary amides is 1. The molecule has 4 N–H and O–H groups in total. The third kappa shape index (κ3) is 5.81. The number of methoxy groups -OCH3 is 1. The fourth-order valence-electron chi connectivity index (χ4n) is 5.54. The minimum Gasteiger partial charge on any atom is -0.491 e. The third-order valence-electron chi connectivity index (χ3n) is 8.12. The first kappa shape index (κ1) is 29.8. The van der Waals surface area contributed by atoms with E-state index in [2.05, 4.69) is 10.4 Å². The van der Waals surface area contributed by atoms with Crippen molar-refractivity contribution < 1.29 is 28.6 Å². The molecule has 2 saturated carbocycles. The molecule has 2 fully saturated rings. The predicted octanol–water partition coefficient (Wildman–Crippen LogP) is 4.53. The van der Waals surface area contributed by atoms with Crippen molar-refractivity contribution in [2.45, 2.75) is 50.5 Å². The number of hydrogen-bond donors (Lipinski definition) is 3. The van der Waals surface area contributed by atoms with E-state index in [-0.39, 0.29) is 47.7 Å². The molecule has 12 heteroatoms. The second-order valence-corrected chi connectivity index (χ2v) is 11.8. The number of carbonyl (C=O) groups is 2. The Hall–Kier alpha value is -4.22. The number of aromatic nitrogens is 3. The SMILES string of the molecule is CCOc1c(CC(N)=O)cc([C@@](O)(CNC(=O)c2cc(OC)n3nc(C4CC4)cc3c2)C2CC2)nc1-c1ccc(F)c(Cl)c1. The smallest absolute Gasteiger partial charge is 0.251 e. The van der Waals surface area contributed by atoms with Crippen molar-refractivity contribution in [2.75, 3.05) is 20.3 Å². The van der Waals surface area contributed by atoms with Gasteiger partial charge in [0.2, 0.25) is 11.8 Å². The summed E-state index contributed by atoms with van der Waals surface area (Å²) in [6.07, 6.45) is 3.42. The molecule has 1 atom stereocenters. The van der Waals surface area contributed by atoms with E-state index in [9.17, 15) is 19.1 Å². The van der Waals surface area contributed by atoms with Gasteiger partial charge >= 0.3 is 0 Å².